The molecule has 1 aliphatic heterocycles. The summed E-state index contributed by atoms with van der Waals surface area (Å²) in [6, 6.07) is 22.8. The molecule has 3 aromatic carbocycles. The van der Waals surface area contributed by atoms with Gasteiger partial charge in [-0.05, 0) is 34.9 Å². The number of ether oxygens (including phenoxy) is 1. The van der Waals surface area contributed by atoms with Crippen molar-refractivity contribution < 1.29 is 13.9 Å². The van der Waals surface area contributed by atoms with Gasteiger partial charge in [0.05, 0.1) is 29.9 Å². The van der Waals surface area contributed by atoms with Gasteiger partial charge in [-0.2, -0.15) is 0 Å². The third-order valence-corrected chi connectivity index (χ3v) is 7.07. The van der Waals surface area contributed by atoms with Gasteiger partial charge >= 0.3 is 0 Å². The van der Waals surface area contributed by atoms with Crippen molar-refractivity contribution in [3.8, 4) is 11.1 Å². The molecular formula is C27H26FN3O2S. The Bertz CT molecular complexity index is 1250. The summed E-state index contributed by atoms with van der Waals surface area (Å²) in [6.45, 7) is 4.40. The van der Waals surface area contributed by atoms with Gasteiger partial charge in [0.15, 0.2) is 5.13 Å². The Morgan fingerprint density at radius 1 is 1.00 bits per heavy atom. The zero-order chi connectivity index (χ0) is 23.3. The average Bonchev–Trinajstić information content (AvgIpc) is 3.28. The van der Waals surface area contributed by atoms with Gasteiger partial charge in [-0.3, -0.25) is 14.6 Å². The van der Waals surface area contributed by atoms with Gasteiger partial charge < -0.3 is 4.74 Å². The first-order valence-electron chi connectivity index (χ1n) is 11.5. The van der Waals surface area contributed by atoms with E-state index in [-0.39, 0.29) is 18.1 Å². The zero-order valence-electron chi connectivity index (χ0n) is 18.8. The SMILES string of the molecule is O=C(Cc1ccc(-c2ccccc2)cc1)N(CCN1CCOCC1)c1nc2ccc(F)cc2s1. The Hall–Kier alpha value is -3.13. The van der Waals surface area contributed by atoms with Crippen molar-refractivity contribution in [1.29, 1.82) is 0 Å². The van der Waals surface area contributed by atoms with Crippen LogP contribution in [0.25, 0.3) is 21.3 Å². The third kappa shape index (κ3) is 5.33. The highest BCUT2D eigenvalue weighted by molar-refractivity contribution is 7.22. The van der Waals surface area contributed by atoms with Crippen LogP contribution in [0.1, 0.15) is 5.56 Å². The molecule has 0 N–H and O–H groups in total. The Morgan fingerprint density at radius 3 is 2.50 bits per heavy atom. The van der Waals surface area contributed by atoms with E-state index >= 15 is 0 Å². The summed E-state index contributed by atoms with van der Waals surface area (Å²) in [5.74, 6) is -0.312. The molecule has 0 radical (unpaired) electrons. The molecule has 5 nitrogen and oxygen atoms in total. The fraction of sp³-hybridized carbons (Fsp3) is 0.259. The second kappa shape index (κ2) is 10.4. The predicted molar refractivity (Wildman–Crippen MR) is 135 cm³/mol. The minimum absolute atomic E-state index is 0.0137. The number of nitrogens with zero attached hydrogens (tertiary/aromatic N) is 3. The molecule has 4 aromatic rings. The predicted octanol–water partition coefficient (Wildman–Crippen LogP) is 5.01. The van der Waals surface area contributed by atoms with Crippen molar-refractivity contribution in [3.05, 3.63) is 84.2 Å². The molecule has 1 saturated heterocycles. The molecule has 5 rings (SSSR count). The van der Waals surface area contributed by atoms with Crippen molar-refractivity contribution in [2.75, 3.05) is 44.3 Å². The molecule has 2 heterocycles. The minimum Gasteiger partial charge on any atom is -0.379 e. The molecule has 7 heteroatoms. The highest BCUT2D eigenvalue weighted by Gasteiger charge is 2.22. The highest BCUT2D eigenvalue weighted by Crippen LogP contribution is 2.30. The number of carbonyl (C=O) groups is 1. The second-order valence-corrected chi connectivity index (χ2v) is 9.36. The Morgan fingerprint density at radius 2 is 1.74 bits per heavy atom. The molecule has 1 aliphatic rings. The molecule has 1 amide bonds. The standard InChI is InChI=1S/C27H26FN3O2S/c28-23-10-11-24-25(19-23)34-27(29-24)31(13-12-30-14-16-33-17-15-30)26(32)18-20-6-8-22(9-7-20)21-4-2-1-3-5-21/h1-11,19H,12-18H2. The van der Waals surface area contributed by atoms with Crippen LogP contribution in [0.3, 0.4) is 0 Å². The van der Waals surface area contributed by atoms with Crippen LogP contribution in [0.2, 0.25) is 0 Å². The number of carbonyl (C=O) groups excluding carboxylic acids is 1. The molecule has 0 atom stereocenters. The Labute approximate surface area is 202 Å². The fourth-order valence-corrected chi connectivity index (χ4v) is 5.14. The number of hydrogen-bond donors (Lipinski definition) is 0. The third-order valence-electron chi connectivity index (χ3n) is 6.03. The van der Waals surface area contributed by atoms with Crippen LogP contribution in [0, 0.1) is 5.82 Å². The largest absolute Gasteiger partial charge is 0.379 e. The maximum atomic E-state index is 13.7. The molecule has 34 heavy (non-hydrogen) atoms. The maximum Gasteiger partial charge on any atom is 0.233 e. The molecule has 0 spiro atoms. The minimum atomic E-state index is -0.299. The topological polar surface area (TPSA) is 45.7 Å². The van der Waals surface area contributed by atoms with E-state index in [0.717, 1.165) is 41.0 Å². The summed E-state index contributed by atoms with van der Waals surface area (Å²) in [5, 5.41) is 0.611. The van der Waals surface area contributed by atoms with Crippen molar-refractivity contribution in [2.45, 2.75) is 6.42 Å². The van der Waals surface area contributed by atoms with Crippen LogP contribution in [0.5, 0.6) is 0 Å². The lowest BCUT2D eigenvalue weighted by Crippen LogP contribution is -2.43. The summed E-state index contributed by atoms with van der Waals surface area (Å²) in [5.41, 5.74) is 3.93. The van der Waals surface area contributed by atoms with Gasteiger partial charge in [-0.25, -0.2) is 9.37 Å². The normalized spacial score (nSPS) is 14.4. The van der Waals surface area contributed by atoms with Crippen LogP contribution in [0.4, 0.5) is 9.52 Å². The monoisotopic (exact) mass is 475 g/mol. The number of aromatic nitrogens is 1. The van der Waals surface area contributed by atoms with Gasteiger partial charge in [-0.15, -0.1) is 0 Å². The van der Waals surface area contributed by atoms with Crippen LogP contribution in [-0.4, -0.2) is 55.2 Å². The summed E-state index contributed by atoms with van der Waals surface area (Å²) in [6.07, 6.45) is 0.280. The van der Waals surface area contributed by atoms with E-state index in [1.165, 1.54) is 23.5 Å². The van der Waals surface area contributed by atoms with Crippen LogP contribution >= 0.6 is 11.3 Å². The number of rotatable bonds is 7. The van der Waals surface area contributed by atoms with Gasteiger partial charge in [0.25, 0.3) is 0 Å². The first kappa shape index (κ1) is 22.7. The Balaban J connectivity index is 1.35. The number of fused-ring (bicyclic) bond motifs is 1. The summed E-state index contributed by atoms with van der Waals surface area (Å²) in [4.78, 5) is 22.2. The number of halogens is 1. The Kier molecular flexibility index (Phi) is 6.94. The molecule has 0 saturated carbocycles. The van der Waals surface area contributed by atoms with Gasteiger partial charge in [0.2, 0.25) is 5.91 Å². The van der Waals surface area contributed by atoms with Crippen molar-refractivity contribution in [3.63, 3.8) is 0 Å². The number of hydrogen-bond acceptors (Lipinski definition) is 5. The molecular weight excluding hydrogens is 449 g/mol. The number of anilines is 1. The molecule has 0 aliphatic carbocycles. The van der Waals surface area contributed by atoms with E-state index in [4.69, 9.17) is 4.74 Å². The first-order chi connectivity index (χ1) is 16.7. The number of benzene rings is 3. The fourth-order valence-electron chi connectivity index (χ4n) is 4.11. The zero-order valence-corrected chi connectivity index (χ0v) is 19.6. The molecule has 174 valence electrons. The first-order valence-corrected chi connectivity index (χ1v) is 12.3. The lowest BCUT2D eigenvalue weighted by Gasteiger charge is -2.29. The van der Waals surface area contributed by atoms with Gasteiger partial charge in [0, 0.05) is 26.2 Å². The summed E-state index contributed by atoms with van der Waals surface area (Å²) >= 11 is 1.36. The number of amides is 1. The maximum absolute atomic E-state index is 13.7. The molecule has 0 bridgehead atoms. The van der Waals surface area contributed by atoms with Crippen LogP contribution in [-0.2, 0) is 16.0 Å². The highest BCUT2D eigenvalue weighted by atomic mass is 32.1. The summed E-state index contributed by atoms with van der Waals surface area (Å²) in [7, 11) is 0. The van der Waals surface area contributed by atoms with Crippen molar-refractivity contribution >= 4 is 32.6 Å². The van der Waals surface area contributed by atoms with E-state index in [2.05, 4.69) is 34.1 Å². The molecule has 1 fully saturated rings. The lowest BCUT2D eigenvalue weighted by molar-refractivity contribution is -0.118. The van der Waals surface area contributed by atoms with E-state index in [1.807, 2.05) is 30.3 Å². The smallest absolute Gasteiger partial charge is 0.233 e. The van der Waals surface area contributed by atoms with E-state index in [0.29, 0.717) is 30.4 Å². The molecule has 1 aromatic heterocycles. The second-order valence-electron chi connectivity index (χ2n) is 8.35. The van der Waals surface area contributed by atoms with Crippen molar-refractivity contribution in [2.24, 2.45) is 0 Å². The van der Waals surface area contributed by atoms with Gasteiger partial charge in [0.1, 0.15) is 5.82 Å². The van der Waals surface area contributed by atoms with Crippen molar-refractivity contribution in [1.82, 2.24) is 9.88 Å². The van der Waals surface area contributed by atoms with E-state index in [1.54, 1.807) is 11.0 Å². The number of thiazole rings is 1. The van der Waals surface area contributed by atoms with Crippen LogP contribution in [0.15, 0.2) is 72.8 Å². The van der Waals surface area contributed by atoms with Gasteiger partial charge in [-0.1, -0.05) is 65.9 Å². The quantitative estimate of drug-likeness (QED) is 0.377. The molecule has 0 unspecified atom stereocenters. The van der Waals surface area contributed by atoms with E-state index < -0.39 is 0 Å². The average molecular weight is 476 g/mol. The van der Waals surface area contributed by atoms with E-state index in [9.17, 15) is 9.18 Å². The lowest BCUT2D eigenvalue weighted by atomic mass is 10.0. The number of morpholine rings is 1. The van der Waals surface area contributed by atoms with Crippen LogP contribution < -0.4 is 4.90 Å². The summed E-state index contributed by atoms with van der Waals surface area (Å²) < 4.78 is 19.9.